The van der Waals surface area contributed by atoms with Gasteiger partial charge in [0.1, 0.15) is 40.6 Å². The number of hydrogen-bond acceptors (Lipinski definition) is 9. The molecule has 44 heavy (non-hydrogen) atoms. The Labute approximate surface area is 254 Å². The van der Waals surface area contributed by atoms with Crippen LogP contribution in [-0.2, 0) is 0 Å². The summed E-state index contributed by atoms with van der Waals surface area (Å²) < 4.78 is 43.5. The van der Waals surface area contributed by atoms with E-state index in [4.69, 9.17) is 15.9 Å². The van der Waals surface area contributed by atoms with Crippen molar-refractivity contribution in [2.24, 2.45) is 0 Å². The highest BCUT2D eigenvalue weighted by Crippen LogP contribution is 2.42. The van der Waals surface area contributed by atoms with Crippen LogP contribution in [0.25, 0.3) is 32.9 Å². The van der Waals surface area contributed by atoms with Gasteiger partial charge in [0.2, 0.25) is 5.88 Å². The van der Waals surface area contributed by atoms with Crippen LogP contribution in [0.15, 0.2) is 24.3 Å². The molecule has 0 bridgehead atoms. The van der Waals surface area contributed by atoms with Crippen LogP contribution < -0.4 is 14.8 Å². The Kier molecular flexibility index (Phi) is 7.46. The largest absolute Gasteiger partial charge is 0.508 e. The highest BCUT2D eigenvalue weighted by Gasteiger charge is 2.45. The first-order chi connectivity index (χ1) is 21.0. The lowest BCUT2D eigenvalue weighted by Gasteiger charge is -2.31. The molecule has 0 amide bonds. The third kappa shape index (κ3) is 5.02. The highest BCUT2D eigenvalue weighted by molar-refractivity contribution is 6.04. The number of methoxy groups -OCH3 is 1. The molecule has 0 spiro atoms. The molecule has 6 rings (SSSR count). The lowest BCUT2D eigenvalue weighted by Crippen LogP contribution is -2.43. The first kappa shape index (κ1) is 29.8. The number of pyridine rings is 1. The number of aromatic hydroxyl groups is 1. The molecule has 1 atom stereocenters. The summed E-state index contributed by atoms with van der Waals surface area (Å²) in [5, 5.41) is 25.1. The van der Waals surface area contributed by atoms with Gasteiger partial charge in [-0.05, 0) is 83.1 Å². The molecule has 11 heteroatoms. The lowest BCUT2D eigenvalue weighted by molar-refractivity contribution is 0.0647. The number of halogens is 2. The third-order valence-electron chi connectivity index (χ3n) is 9.07. The summed E-state index contributed by atoms with van der Waals surface area (Å²) in [5.41, 5.74) is -1.72. The second-order valence-electron chi connectivity index (χ2n) is 12.2. The number of hydrogen-bond donors (Lipinski definition) is 3. The summed E-state index contributed by atoms with van der Waals surface area (Å²) in [5.74, 6) is 0.759. The van der Waals surface area contributed by atoms with Gasteiger partial charge in [-0.3, -0.25) is 4.90 Å². The minimum absolute atomic E-state index is 0.0279. The molecule has 0 radical (unpaired) electrons. The van der Waals surface area contributed by atoms with E-state index in [1.165, 1.54) is 31.4 Å². The standard InChI is InChI=1S/C33H35F2N5O4/c1-6-21-23(34)10-9-19-15-20(41)16-22(24(19)21)27-26(35)28-25(30(37-27)43-5)29(36-18(2)32(3,4)42)39-31(38-28)44-17-33-11-7-13-40(33)14-8-12-33/h1,9-10,15-16,18,41-42H,7-8,11-14,17H2,2-5H3,(H,36,38,39). The minimum atomic E-state index is -1.17. The fourth-order valence-electron chi connectivity index (χ4n) is 6.41. The van der Waals surface area contributed by atoms with Gasteiger partial charge < -0.3 is 25.0 Å². The van der Waals surface area contributed by atoms with Crippen LogP contribution >= 0.6 is 0 Å². The first-order valence-corrected chi connectivity index (χ1v) is 14.7. The van der Waals surface area contributed by atoms with E-state index < -0.39 is 23.3 Å². The predicted octanol–water partition coefficient (Wildman–Crippen LogP) is 5.40. The maximum atomic E-state index is 16.8. The van der Waals surface area contributed by atoms with Crippen molar-refractivity contribution in [3.63, 3.8) is 0 Å². The summed E-state index contributed by atoms with van der Waals surface area (Å²) in [6.07, 6.45) is 9.82. The van der Waals surface area contributed by atoms with Gasteiger partial charge in [-0.1, -0.05) is 12.0 Å². The Morgan fingerprint density at radius 3 is 2.52 bits per heavy atom. The summed E-state index contributed by atoms with van der Waals surface area (Å²) in [7, 11) is 1.37. The number of nitrogens with one attached hydrogen (secondary N) is 1. The molecule has 9 nitrogen and oxygen atoms in total. The predicted molar refractivity (Wildman–Crippen MR) is 164 cm³/mol. The average molecular weight is 604 g/mol. The van der Waals surface area contributed by atoms with Crippen molar-refractivity contribution in [3.05, 3.63) is 41.5 Å². The highest BCUT2D eigenvalue weighted by atomic mass is 19.1. The van der Waals surface area contributed by atoms with E-state index in [0.717, 1.165) is 38.8 Å². The van der Waals surface area contributed by atoms with Crippen LogP contribution in [0.4, 0.5) is 14.6 Å². The Morgan fingerprint density at radius 2 is 1.86 bits per heavy atom. The number of benzene rings is 2. The number of rotatable bonds is 8. The Bertz CT molecular complexity index is 1810. The zero-order valence-corrected chi connectivity index (χ0v) is 25.2. The molecule has 2 saturated heterocycles. The number of phenols is 1. The number of anilines is 1. The fraction of sp³-hybridized carbons (Fsp3) is 0.424. The number of nitrogens with zero attached hydrogens (tertiary/aromatic N) is 4. The van der Waals surface area contributed by atoms with Crippen LogP contribution in [-0.4, -0.2) is 74.1 Å². The van der Waals surface area contributed by atoms with Gasteiger partial charge in [0, 0.05) is 10.9 Å². The van der Waals surface area contributed by atoms with E-state index in [2.05, 4.69) is 31.1 Å². The Hall–Kier alpha value is -4.27. The van der Waals surface area contributed by atoms with Crippen molar-refractivity contribution in [2.45, 2.75) is 63.6 Å². The SMILES string of the molecule is C#Cc1c(F)ccc2cc(O)cc(-c3nc(OC)c4c(NC(C)C(C)(C)O)nc(OCC56CCCN5CCC6)nc4c3F)c12. The van der Waals surface area contributed by atoms with Gasteiger partial charge in [0.25, 0.3) is 0 Å². The second-order valence-corrected chi connectivity index (χ2v) is 12.2. The van der Waals surface area contributed by atoms with Gasteiger partial charge in [-0.25, -0.2) is 13.8 Å². The molecule has 2 aromatic heterocycles. The molecular formula is C33H35F2N5O4. The number of terminal acetylenes is 1. The topological polar surface area (TPSA) is 113 Å². The van der Waals surface area contributed by atoms with E-state index in [0.29, 0.717) is 12.0 Å². The molecule has 3 N–H and O–H groups in total. The van der Waals surface area contributed by atoms with E-state index >= 15 is 4.39 Å². The number of aliphatic hydroxyl groups is 1. The normalized spacial score (nSPS) is 17.0. The van der Waals surface area contributed by atoms with E-state index in [1.807, 2.05) is 0 Å². The van der Waals surface area contributed by atoms with E-state index in [1.54, 1.807) is 20.8 Å². The van der Waals surface area contributed by atoms with Gasteiger partial charge >= 0.3 is 6.01 Å². The Balaban J connectivity index is 1.57. The van der Waals surface area contributed by atoms with E-state index in [9.17, 15) is 14.6 Å². The summed E-state index contributed by atoms with van der Waals surface area (Å²) in [6.45, 7) is 7.42. The smallest absolute Gasteiger partial charge is 0.319 e. The molecular weight excluding hydrogens is 568 g/mol. The van der Waals surface area contributed by atoms with E-state index in [-0.39, 0.29) is 62.1 Å². The zero-order valence-electron chi connectivity index (χ0n) is 25.2. The van der Waals surface area contributed by atoms with Crippen molar-refractivity contribution < 1.29 is 28.5 Å². The molecule has 2 fully saturated rings. The average Bonchev–Trinajstić information content (AvgIpc) is 3.56. The molecule has 0 saturated carbocycles. The number of fused-ring (bicyclic) bond motifs is 3. The maximum absolute atomic E-state index is 16.8. The minimum Gasteiger partial charge on any atom is -0.508 e. The fourth-order valence-corrected chi connectivity index (χ4v) is 6.41. The summed E-state index contributed by atoms with van der Waals surface area (Å²) >= 11 is 0. The van der Waals surface area contributed by atoms with Crippen LogP contribution in [0.3, 0.4) is 0 Å². The maximum Gasteiger partial charge on any atom is 0.319 e. The van der Waals surface area contributed by atoms with Crippen molar-refractivity contribution in [3.8, 4) is 41.2 Å². The van der Waals surface area contributed by atoms with Crippen LogP contribution in [0, 0.1) is 24.0 Å². The van der Waals surface area contributed by atoms with Crippen LogP contribution in [0.5, 0.6) is 17.6 Å². The molecule has 2 aromatic carbocycles. The molecule has 230 valence electrons. The quantitative estimate of drug-likeness (QED) is 0.228. The number of aromatic nitrogens is 3. The lowest BCUT2D eigenvalue weighted by atomic mass is 9.95. The number of phenolic OH excluding ortho intramolecular Hbond substituents is 1. The van der Waals surface area contributed by atoms with Gasteiger partial charge in [0.05, 0.1) is 29.9 Å². The number of ether oxygens (including phenoxy) is 2. The van der Waals surface area contributed by atoms with Gasteiger partial charge in [-0.15, -0.1) is 6.42 Å². The van der Waals surface area contributed by atoms with Crippen molar-refractivity contribution >= 4 is 27.5 Å². The third-order valence-corrected chi connectivity index (χ3v) is 9.07. The molecule has 2 aliphatic heterocycles. The van der Waals surface area contributed by atoms with Crippen molar-refractivity contribution in [1.82, 2.24) is 19.9 Å². The van der Waals surface area contributed by atoms with Crippen molar-refractivity contribution in [2.75, 3.05) is 32.1 Å². The summed E-state index contributed by atoms with van der Waals surface area (Å²) in [4.78, 5) is 16.0. The van der Waals surface area contributed by atoms with Gasteiger partial charge in [-0.2, -0.15) is 9.97 Å². The summed E-state index contributed by atoms with van der Waals surface area (Å²) in [6, 6.07) is 4.76. The van der Waals surface area contributed by atoms with Gasteiger partial charge in [0.15, 0.2) is 5.82 Å². The first-order valence-electron chi connectivity index (χ1n) is 14.7. The zero-order chi connectivity index (χ0) is 31.4. The van der Waals surface area contributed by atoms with Crippen molar-refractivity contribution in [1.29, 1.82) is 0 Å². The monoisotopic (exact) mass is 603 g/mol. The Morgan fingerprint density at radius 1 is 1.14 bits per heavy atom. The molecule has 4 heterocycles. The molecule has 0 aliphatic carbocycles. The molecule has 2 aliphatic rings. The van der Waals surface area contributed by atoms with Crippen LogP contribution in [0.2, 0.25) is 0 Å². The van der Waals surface area contributed by atoms with Crippen LogP contribution in [0.1, 0.15) is 52.0 Å². The second kappa shape index (κ2) is 11.0. The molecule has 4 aromatic rings. The molecule has 1 unspecified atom stereocenters.